The Labute approximate surface area is 78.0 Å². The van der Waals surface area contributed by atoms with E-state index in [0.717, 1.165) is 0 Å². The molecule has 13 heavy (non-hydrogen) atoms. The first kappa shape index (κ1) is 12.3. The number of hydrogen-bond donors (Lipinski definition) is 2. The highest BCUT2D eigenvalue weighted by atomic mass is 16.7. The van der Waals surface area contributed by atoms with Gasteiger partial charge in [0.05, 0.1) is 12.1 Å². The van der Waals surface area contributed by atoms with Gasteiger partial charge >= 0.3 is 0 Å². The molecule has 0 bridgehead atoms. The van der Waals surface area contributed by atoms with Crippen LogP contribution in [0.3, 0.4) is 0 Å². The largest absolute Gasteiger partial charge is 0.394 e. The summed E-state index contributed by atoms with van der Waals surface area (Å²) in [6.45, 7) is 3.26. The maximum absolute atomic E-state index is 11.3. The SMILES string of the molecule is COC(OC)C(=O)NC(C)(C)CO. The zero-order chi connectivity index (χ0) is 10.5. The van der Waals surface area contributed by atoms with Crippen LogP contribution in [0, 0.1) is 0 Å². The van der Waals surface area contributed by atoms with Gasteiger partial charge in [-0.1, -0.05) is 0 Å². The van der Waals surface area contributed by atoms with E-state index < -0.39 is 17.7 Å². The van der Waals surface area contributed by atoms with Crippen LogP contribution in [0.2, 0.25) is 0 Å². The van der Waals surface area contributed by atoms with E-state index in [9.17, 15) is 4.79 Å². The number of carbonyl (C=O) groups excluding carboxylic acids is 1. The van der Waals surface area contributed by atoms with Gasteiger partial charge in [0.2, 0.25) is 6.29 Å². The molecule has 0 aliphatic rings. The van der Waals surface area contributed by atoms with E-state index in [2.05, 4.69) is 5.32 Å². The van der Waals surface area contributed by atoms with Gasteiger partial charge in [-0.2, -0.15) is 0 Å². The van der Waals surface area contributed by atoms with Crippen molar-refractivity contribution in [3.05, 3.63) is 0 Å². The Morgan fingerprint density at radius 3 is 2.23 bits per heavy atom. The van der Waals surface area contributed by atoms with Crippen LogP contribution in [0.25, 0.3) is 0 Å². The van der Waals surface area contributed by atoms with E-state index in [1.807, 2.05) is 0 Å². The molecule has 0 aliphatic heterocycles. The fourth-order valence-electron chi connectivity index (χ4n) is 0.742. The van der Waals surface area contributed by atoms with E-state index >= 15 is 0 Å². The average molecular weight is 191 g/mol. The normalized spacial score (nSPS) is 11.8. The summed E-state index contributed by atoms with van der Waals surface area (Å²) in [6, 6.07) is 0. The molecule has 1 amide bonds. The number of ether oxygens (including phenoxy) is 2. The zero-order valence-corrected chi connectivity index (χ0v) is 8.46. The van der Waals surface area contributed by atoms with Crippen LogP contribution in [0.4, 0.5) is 0 Å². The summed E-state index contributed by atoms with van der Waals surface area (Å²) in [5, 5.41) is 11.4. The molecule has 0 spiro atoms. The molecule has 5 nitrogen and oxygen atoms in total. The third kappa shape index (κ3) is 4.21. The molecule has 0 rings (SSSR count). The van der Waals surface area contributed by atoms with Gasteiger partial charge in [0.25, 0.3) is 5.91 Å². The lowest BCUT2D eigenvalue weighted by atomic mass is 10.1. The first-order chi connectivity index (χ1) is 5.96. The van der Waals surface area contributed by atoms with Crippen molar-refractivity contribution in [2.24, 2.45) is 0 Å². The molecule has 0 aliphatic carbocycles. The number of amides is 1. The Morgan fingerprint density at radius 1 is 1.46 bits per heavy atom. The zero-order valence-electron chi connectivity index (χ0n) is 8.46. The standard InChI is InChI=1S/C8H17NO4/c1-8(2,5-10)9-6(11)7(12-3)13-4/h7,10H,5H2,1-4H3,(H,9,11). The molecule has 0 aromatic carbocycles. The molecule has 0 heterocycles. The van der Waals surface area contributed by atoms with Crippen LogP contribution in [0.15, 0.2) is 0 Å². The predicted molar refractivity (Wildman–Crippen MR) is 47.1 cm³/mol. The van der Waals surface area contributed by atoms with Crippen LogP contribution in [0.5, 0.6) is 0 Å². The Kier molecular flexibility index (Phi) is 4.90. The summed E-state index contributed by atoms with van der Waals surface area (Å²) in [7, 11) is 2.75. The first-order valence-electron chi connectivity index (χ1n) is 3.95. The Balaban J connectivity index is 4.13. The molecular formula is C8H17NO4. The lowest BCUT2D eigenvalue weighted by Crippen LogP contribution is -2.50. The van der Waals surface area contributed by atoms with E-state index in [-0.39, 0.29) is 6.61 Å². The maximum Gasteiger partial charge on any atom is 0.277 e. The molecule has 5 heteroatoms. The second-order valence-electron chi connectivity index (χ2n) is 3.33. The second-order valence-corrected chi connectivity index (χ2v) is 3.33. The molecule has 78 valence electrons. The van der Waals surface area contributed by atoms with Crippen molar-refractivity contribution < 1.29 is 19.4 Å². The van der Waals surface area contributed by atoms with E-state index in [1.54, 1.807) is 13.8 Å². The summed E-state index contributed by atoms with van der Waals surface area (Å²) >= 11 is 0. The van der Waals surface area contributed by atoms with Gasteiger partial charge in [-0.15, -0.1) is 0 Å². The van der Waals surface area contributed by atoms with Gasteiger partial charge < -0.3 is 19.9 Å². The second kappa shape index (κ2) is 5.16. The minimum atomic E-state index is -0.925. The average Bonchev–Trinajstić information content (AvgIpc) is 2.06. The lowest BCUT2D eigenvalue weighted by Gasteiger charge is -2.25. The molecule has 0 atom stereocenters. The van der Waals surface area contributed by atoms with Crippen LogP contribution in [-0.4, -0.2) is 43.7 Å². The topological polar surface area (TPSA) is 67.8 Å². The van der Waals surface area contributed by atoms with Crippen LogP contribution in [0.1, 0.15) is 13.8 Å². The molecule has 0 fully saturated rings. The molecule has 0 aromatic rings. The van der Waals surface area contributed by atoms with Gasteiger partial charge in [-0.05, 0) is 13.8 Å². The van der Waals surface area contributed by atoms with Crippen molar-refractivity contribution in [2.45, 2.75) is 25.7 Å². The highest BCUT2D eigenvalue weighted by Crippen LogP contribution is 2.01. The van der Waals surface area contributed by atoms with Crippen molar-refractivity contribution in [3.63, 3.8) is 0 Å². The van der Waals surface area contributed by atoms with E-state index in [0.29, 0.717) is 0 Å². The third-order valence-corrected chi connectivity index (χ3v) is 1.50. The Morgan fingerprint density at radius 2 is 1.92 bits per heavy atom. The summed E-state index contributed by atoms with van der Waals surface area (Å²) in [5.74, 6) is -0.399. The highest BCUT2D eigenvalue weighted by molar-refractivity contribution is 5.80. The molecule has 0 saturated carbocycles. The van der Waals surface area contributed by atoms with Gasteiger partial charge in [-0.25, -0.2) is 0 Å². The number of aliphatic hydroxyl groups is 1. The van der Waals surface area contributed by atoms with Crippen molar-refractivity contribution in [2.75, 3.05) is 20.8 Å². The molecule has 0 unspecified atom stereocenters. The quantitative estimate of drug-likeness (QED) is 0.574. The van der Waals surface area contributed by atoms with Crippen molar-refractivity contribution >= 4 is 5.91 Å². The van der Waals surface area contributed by atoms with Gasteiger partial charge in [-0.3, -0.25) is 4.79 Å². The number of methoxy groups -OCH3 is 2. The van der Waals surface area contributed by atoms with Crippen molar-refractivity contribution in [1.29, 1.82) is 0 Å². The Bertz CT molecular complexity index is 166. The molecule has 0 radical (unpaired) electrons. The smallest absolute Gasteiger partial charge is 0.277 e. The monoisotopic (exact) mass is 191 g/mol. The number of nitrogens with one attached hydrogen (secondary N) is 1. The van der Waals surface area contributed by atoms with Gasteiger partial charge in [0.1, 0.15) is 0 Å². The Hall–Kier alpha value is -0.650. The molecule has 0 saturated heterocycles. The summed E-state index contributed by atoms with van der Waals surface area (Å²) in [5.41, 5.74) is -0.660. The number of rotatable bonds is 5. The maximum atomic E-state index is 11.3. The molecular weight excluding hydrogens is 174 g/mol. The predicted octanol–water partition coefficient (Wildman–Crippen LogP) is -0.508. The summed E-state index contributed by atoms with van der Waals surface area (Å²) in [4.78, 5) is 11.3. The molecule has 0 aromatic heterocycles. The van der Waals surface area contributed by atoms with Crippen LogP contribution < -0.4 is 5.32 Å². The molecule has 2 N–H and O–H groups in total. The minimum absolute atomic E-state index is 0.140. The van der Waals surface area contributed by atoms with Crippen molar-refractivity contribution in [3.8, 4) is 0 Å². The minimum Gasteiger partial charge on any atom is -0.394 e. The number of aliphatic hydroxyl groups excluding tert-OH is 1. The van der Waals surface area contributed by atoms with E-state index in [4.69, 9.17) is 14.6 Å². The van der Waals surface area contributed by atoms with Gasteiger partial charge in [0.15, 0.2) is 0 Å². The highest BCUT2D eigenvalue weighted by Gasteiger charge is 2.24. The van der Waals surface area contributed by atoms with Crippen LogP contribution in [-0.2, 0) is 14.3 Å². The van der Waals surface area contributed by atoms with Crippen LogP contribution >= 0.6 is 0 Å². The summed E-state index contributed by atoms with van der Waals surface area (Å²) < 4.78 is 9.47. The third-order valence-electron chi connectivity index (χ3n) is 1.50. The first-order valence-corrected chi connectivity index (χ1v) is 3.95. The van der Waals surface area contributed by atoms with E-state index in [1.165, 1.54) is 14.2 Å². The van der Waals surface area contributed by atoms with Gasteiger partial charge in [0, 0.05) is 14.2 Å². The lowest BCUT2D eigenvalue weighted by molar-refractivity contribution is -0.161. The van der Waals surface area contributed by atoms with Crippen molar-refractivity contribution in [1.82, 2.24) is 5.32 Å². The fourth-order valence-corrected chi connectivity index (χ4v) is 0.742. The number of hydrogen-bond acceptors (Lipinski definition) is 4. The fraction of sp³-hybridized carbons (Fsp3) is 0.875. The number of carbonyl (C=O) groups is 1. The summed E-state index contributed by atoms with van der Waals surface area (Å²) in [6.07, 6.45) is -0.925.